The first kappa shape index (κ1) is 18.7. The van der Waals surface area contributed by atoms with Gasteiger partial charge in [-0.25, -0.2) is 8.42 Å². The Morgan fingerprint density at radius 3 is 2.50 bits per heavy atom. The number of hydrogen-bond acceptors (Lipinski definition) is 4. The van der Waals surface area contributed by atoms with E-state index in [2.05, 4.69) is 11.6 Å². The maximum atomic E-state index is 12.5. The number of benzene rings is 1. The fourth-order valence-electron chi connectivity index (χ4n) is 2.87. The molecule has 1 heterocycles. The number of carbonyl (C=O) groups is 1. The van der Waals surface area contributed by atoms with Gasteiger partial charge in [-0.1, -0.05) is 6.92 Å². The summed E-state index contributed by atoms with van der Waals surface area (Å²) >= 11 is 0. The van der Waals surface area contributed by atoms with E-state index in [0.717, 1.165) is 18.4 Å². The van der Waals surface area contributed by atoms with Gasteiger partial charge in [-0.05, 0) is 56.4 Å². The van der Waals surface area contributed by atoms with Crippen LogP contribution >= 0.6 is 0 Å². The number of amides is 1. The highest BCUT2D eigenvalue weighted by Gasteiger charge is 2.28. The standard InChI is InChI=1S/C17H26N2O4S/c1-12-7-9-19(10-8-12)17(20)14(3)18-24(21,22)15-5-6-16(23-4)13(2)11-15/h5-6,11-12,14,18H,7-10H2,1-4H3. The van der Waals surface area contributed by atoms with Crippen LogP contribution in [0.4, 0.5) is 0 Å². The number of ether oxygens (including phenoxy) is 1. The van der Waals surface area contributed by atoms with Gasteiger partial charge in [0.25, 0.3) is 0 Å². The van der Waals surface area contributed by atoms with E-state index in [-0.39, 0.29) is 10.8 Å². The topological polar surface area (TPSA) is 75.7 Å². The molecule has 0 spiro atoms. The highest BCUT2D eigenvalue weighted by molar-refractivity contribution is 7.89. The summed E-state index contributed by atoms with van der Waals surface area (Å²) in [6.45, 7) is 6.91. The summed E-state index contributed by atoms with van der Waals surface area (Å²) in [5.74, 6) is 1.07. The van der Waals surface area contributed by atoms with E-state index in [9.17, 15) is 13.2 Å². The maximum Gasteiger partial charge on any atom is 0.241 e. The largest absolute Gasteiger partial charge is 0.496 e. The van der Waals surface area contributed by atoms with Crippen molar-refractivity contribution in [3.63, 3.8) is 0 Å². The van der Waals surface area contributed by atoms with Crippen molar-refractivity contribution in [2.75, 3.05) is 20.2 Å². The summed E-state index contributed by atoms with van der Waals surface area (Å²) in [5.41, 5.74) is 0.726. The maximum absolute atomic E-state index is 12.5. The Bertz CT molecular complexity index is 695. The number of aryl methyl sites for hydroxylation is 1. The van der Waals surface area contributed by atoms with Crippen molar-refractivity contribution in [2.24, 2.45) is 5.92 Å². The lowest BCUT2D eigenvalue weighted by Gasteiger charge is -2.32. The third-order valence-corrected chi connectivity index (χ3v) is 6.01. The summed E-state index contributed by atoms with van der Waals surface area (Å²) in [7, 11) is -2.22. The lowest BCUT2D eigenvalue weighted by molar-refractivity contribution is -0.133. The first-order chi connectivity index (χ1) is 11.2. The van der Waals surface area contributed by atoms with Crippen LogP contribution in [-0.4, -0.2) is 45.5 Å². The minimum absolute atomic E-state index is 0.132. The van der Waals surface area contributed by atoms with Crippen LogP contribution in [0.1, 0.15) is 32.3 Å². The van der Waals surface area contributed by atoms with E-state index in [1.54, 1.807) is 30.9 Å². The molecule has 2 rings (SSSR count). The average molecular weight is 354 g/mol. The molecule has 1 aliphatic heterocycles. The molecule has 1 aliphatic rings. The van der Waals surface area contributed by atoms with Crippen LogP contribution in [0.2, 0.25) is 0 Å². The Morgan fingerprint density at radius 1 is 1.33 bits per heavy atom. The number of rotatable bonds is 5. The first-order valence-electron chi connectivity index (χ1n) is 8.20. The van der Waals surface area contributed by atoms with Crippen molar-refractivity contribution in [1.29, 1.82) is 0 Å². The number of hydrogen-bond donors (Lipinski definition) is 1. The van der Waals surface area contributed by atoms with Crippen molar-refractivity contribution >= 4 is 15.9 Å². The van der Waals surface area contributed by atoms with Crippen LogP contribution < -0.4 is 9.46 Å². The van der Waals surface area contributed by atoms with Crippen molar-refractivity contribution in [1.82, 2.24) is 9.62 Å². The van der Waals surface area contributed by atoms with Gasteiger partial charge in [-0.3, -0.25) is 4.79 Å². The first-order valence-corrected chi connectivity index (χ1v) is 9.68. The number of sulfonamides is 1. The zero-order chi connectivity index (χ0) is 17.9. The lowest BCUT2D eigenvalue weighted by atomic mass is 9.99. The van der Waals surface area contributed by atoms with E-state index in [4.69, 9.17) is 4.74 Å². The smallest absolute Gasteiger partial charge is 0.241 e. The van der Waals surface area contributed by atoms with E-state index < -0.39 is 16.1 Å². The molecule has 7 heteroatoms. The molecular formula is C17H26N2O4S. The molecule has 0 aliphatic carbocycles. The van der Waals surface area contributed by atoms with E-state index in [1.807, 2.05) is 0 Å². The Labute approximate surface area is 144 Å². The molecule has 6 nitrogen and oxygen atoms in total. The normalized spacial score (nSPS) is 17.6. The molecule has 1 saturated heterocycles. The minimum atomic E-state index is -3.75. The molecule has 0 radical (unpaired) electrons. The molecule has 1 fully saturated rings. The Hall–Kier alpha value is -1.60. The Balaban J connectivity index is 2.08. The highest BCUT2D eigenvalue weighted by atomic mass is 32.2. The SMILES string of the molecule is COc1ccc(S(=O)(=O)NC(C)C(=O)N2CCC(C)CC2)cc1C. The Morgan fingerprint density at radius 2 is 1.96 bits per heavy atom. The fourth-order valence-corrected chi connectivity index (χ4v) is 4.15. The van der Waals surface area contributed by atoms with Gasteiger partial charge in [-0.15, -0.1) is 0 Å². The van der Waals surface area contributed by atoms with E-state index >= 15 is 0 Å². The van der Waals surface area contributed by atoms with Gasteiger partial charge in [0.15, 0.2) is 0 Å². The quantitative estimate of drug-likeness (QED) is 0.877. The zero-order valence-corrected chi connectivity index (χ0v) is 15.5. The monoisotopic (exact) mass is 354 g/mol. The van der Waals surface area contributed by atoms with Crippen LogP contribution in [0.15, 0.2) is 23.1 Å². The molecule has 1 amide bonds. The van der Waals surface area contributed by atoms with Crippen molar-refractivity contribution in [2.45, 2.75) is 44.6 Å². The van der Waals surface area contributed by atoms with Crippen molar-refractivity contribution < 1.29 is 17.9 Å². The van der Waals surface area contributed by atoms with Crippen LogP contribution in [0.5, 0.6) is 5.75 Å². The van der Waals surface area contributed by atoms with Crippen molar-refractivity contribution in [3.8, 4) is 5.75 Å². The molecule has 0 saturated carbocycles. The molecule has 1 atom stereocenters. The molecule has 0 bridgehead atoms. The predicted octanol–water partition coefficient (Wildman–Crippen LogP) is 1.93. The average Bonchev–Trinajstić information content (AvgIpc) is 2.54. The van der Waals surface area contributed by atoms with Crippen LogP contribution in [0.3, 0.4) is 0 Å². The summed E-state index contributed by atoms with van der Waals surface area (Å²) in [5, 5.41) is 0. The van der Waals surface area contributed by atoms with Gasteiger partial charge in [0.2, 0.25) is 15.9 Å². The molecule has 0 aromatic heterocycles. The number of likely N-dealkylation sites (tertiary alicyclic amines) is 1. The number of methoxy groups -OCH3 is 1. The second-order valence-electron chi connectivity index (χ2n) is 6.48. The number of piperidine rings is 1. The summed E-state index contributed by atoms with van der Waals surface area (Å²) in [4.78, 5) is 14.3. The highest BCUT2D eigenvalue weighted by Crippen LogP contribution is 2.22. The third kappa shape index (κ3) is 4.27. The molecule has 134 valence electrons. The lowest BCUT2D eigenvalue weighted by Crippen LogP contribution is -2.49. The van der Waals surface area contributed by atoms with Crippen LogP contribution in [0, 0.1) is 12.8 Å². The molecule has 24 heavy (non-hydrogen) atoms. The van der Waals surface area contributed by atoms with E-state index in [1.165, 1.54) is 13.2 Å². The van der Waals surface area contributed by atoms with Crippen LogP contribution in [-0.2, 0) is 14.8 Å². The van der Waals surface area contributed by atoms with Crippen molar-refractivity contribution in [3.05, 3.63) is 23.8 Å². The molecule has 1 N–H and O–H groups in total. The molecule has 1 aromatic rings. The Kier molecular flexibility index (Phi) is 5.87. The minimum Gasteiger partial charge on any atom is -0.496 e. The van der Waals surface area contributed by atoms with Gasteiger partial charge in [0, 0.05) is 13.1 Å². The third-order valence-electron chi connectivity index (χ3n) is 4.47. The van der Waals surface area contributed by atoms with Gasteiger partial charge in [0.05, 0.1) is 18.0 Å². The van der Waals surface area contributed by atoms with Gasteiger partial charge in [0.1, 0.15) is 5.75 Å². The second-order valence-corrected chi connectivity index (χ2v) is 8.20. The van der Waals surface area contributed by atoms with Gasteiger partial charge < -0.3 is 9.64 Å². The van der Waals surface area contributed by atoms with E-state index in [0.29, 0.717) is 24.8 Å². The molecule has 1 unspecified atom stereocenters. The predicted molar refractivity (Wildman–Crippen MR) is 92.5 cm³/mol. The fraction of sp³-hybridized carbons (Fsp3) is 0.588. The molecular weight excluding hydrogens is 328 g/mol. The number of carbonyl (C=O) groups excluding carboxylic acids is 1. The zero-order valence-electron chi connectivity index (χ0n) is 14.7. The summed E-state index contributed by atoms with van der Waals surface area (Å²) in [6, 6.07) is 3.85. The number of nitrogens with one attached hydrogen (secondary N) is 1. The summed E-state index contributed by atoms with van der Waals surface area (Å²) in [6.07, 6.45) is 1.92. The van der Waals surface area contributed by atoms with Crippen LogP contribution in [0.25, 0.3) is 0 Å². The number of nitrogens with zero attached hydrogens (tertiary/aromatic N) is 1. The van der Waals surface area contributed by atoms with Gasteiger partial charge >= 0.3 is 0 Å². The van der Waals surface area contributed by atoms with Gasteiger partial charge in [-0.2, -0.15) is 4.72 Å². The second kappa shape index (κ2) is 7.53. The molecule has 1 aromatic carbocycles. The summed E-state index contributed by atoms with van der Waals surface area (Å²) < 4.78 is 32.7.